The number of likely N-dealkylation sites (tertiary alicyclic amines) is 1. The molecule has 1 aromatic carbocycles. The zero-order valence-electron chi connectivity index (χ0n) is 18.0. The Kier molecular flexibility index (Phi) is 5.38. The third-order valence-corrected chi connectivity index (χ3v) is 8.64. The van der Waals surface area contributed by atoms with E-state index in [9.17, 15) is 13.2 Å². The van der Waals surface area contributed by atoms with Crippen LogP contribution >= 0.6 is 0 Å². The minimum atomic E-state index is -3.16. The van der Waals surface area contributed by atoms with Gasteiger partial charge in [0.05, 0.1) is 23.2 Å². The molecule has 0 unspecified atom stereocenters. The zero-order chi connectivity index (χ0) is 21.6. The fraction of sp³-hybridized carbons (Fsp3) is 0.565. The first-order valence-corrected chi connectivity index (χ1v) is 13.2. The highest BCUT2D eigenvalue weighted by molar-refractivity contribution is 7.91. The van der Waals surface area contributed by atoms with Crippen molar-refractivity contribution in [2.45, 2.75) is 57.5 Å². The first-order valence-electron chi connectivity index (χ1n) is 11.3. The molecule has 0 saturated carbocycles. The molecule has 1 aromatic heterocycles. The highest BCUT2D eigenvalue weighted by Crippen LogP contribution is 2.29. The number of nitrogens with one attached hydrogen (secondary N) is 1. The van der Waals surface area contributed by atoms with Crippen molar-refractivity contribution in [3.63, 3.8) is 0 Å². The van der Waals surface area contributed by atoms with Crippen LogP contribution in [0, 0.1) is 6.92 Å². The third kappa shape index (κ3) is 4.03. The van der Waals surface area contributed by atoms with E-state index in [0.717, 1.165) is 62.1 Å². The summed E-state index contributed by atoms with van der Waals surface area (Å²) in [5.74, 6) is -0.0950. The topological polar surface area (TPSA) is 84.3 Å². The Morgan fingerprint density at radius 1 is 1.03 bits per heavy atom. The van der Waals surface area contributed by atoms with E-state index in [2.05, 4.69) is 15.3 Å². The first-order chi connectivity index (χ1) is 14.9. The van der Waals surface area contributed by atoms with Crippen LogP contribution in [-0.4, -0.2) is 65.7 Å². The lowest BCUT2D eigenvalue weighted by molar-refractivity contribution is 0.0893. The average Bonchev–Trinajstić information content (AvgIpc) is 3.43. The Bertz CT molecular complexity index is 1080. The van der Waals surface area contributed by atoms with Crippen LogP contribution in [0.2, 0.25) is 0 Å². The average molecular weight is 443 g/mol. The number of piperidine rings is 1. The second-order valence-electron chi connectivity index (χ2n) is 9.20. The smallest absolute Gasteiger partial charge is 0.272 e. The van der Waals surface area contributed by atoms with E-state index in [0.29, 0.717) is 5.69 Å². The van der Waals surface area contributed by atoms with Crippen molar-refractivity contribution in [3.8, 4) is 5.69 Å². The van der Waals surface area contributed by atoms with Gasteiger partial charge in [0.2, 0.25) is 0 Å². The number of sulfone groups is 1. The molecule has 0 bridgehead atoms. The van der Waals surface area contributed by atoms with Crippen molar-refractivity contribution < 1.29 is 13.2 Å². The summed E-state index contributed by atoms with van der Waals surface area (Å²) in [5, 5.41) is 7.76. The molecule has 3 aliphatic rings. The summed E-state index contributed by atoms with van der Waals surface area (Å²) < 4.78 is 26.7. The molecule has 1 amide bonds. The second-order valence-corrected chi connectivity index (χ2v) is 11.3. The number of rotatable bonds is 4. The van der Waals surface area contributed by atoms with Gasteiger partial charge in [-0.3, -0.25) is 9.69 Å². The number of fused-ring (bicyclic) bond motifs is 1. The van der Waals surface area contributed by atoms with E-state index in [1.807, 2.05) is 35.9 Å². The van der Waals surface area contributed by atoms with E-state index in [4.69, 9.17) is 0 Å². The minimum Gasteiger partial charge on any atom is -0.345 e. The van der Waals surface area contributed by atoms with Gasteiger partial charge in [0, 0.05) is 17.3 Å². The molecule has 31 heavy (non-hydrogen) atoms. The van der Waals surface area contributed by atoms with Gasteiger partial charge in [-0.05, 0) is 64.3 Å². The van der Waals surface area contributed by atoms with Gasteiger partial charge in [-0.2, -0.15) is 5.10 Å². The predicted molar refractivity (Wildman–Crippen MR) is 119 cm³/mol. The van der Waals surface area contributed by atoms with Gasteiger partial charge < -0.3 is 5.32 Å². The molecule has 1 N–H and O–H groups in total. The van der Waals surface area contributed by atoms with E-state index in [1.165, 1.54) is 12.0 Å². The fourth-order valence-electron chi connectivity index (χ4n) is 5.33. The van der Waals surface area contributed by atoms with Crippen molar-refractivity contribution >= 4 is 15.7 Å². The van der Waals surface area contributed by atoms with Crippen LogP contribution in [0.15, 0.2) is 24.3 Å². The third-order valence-electron chi connectivity index (χ3n) is 6.92. The normalized spacial score (nSPS) is 25.5. The Labute approximate surface area is 183 Å². The number of carbonyl (C=O) groups is 1. The summed E-state index contributed by atoms with van der Waals surface area (Å²) in [7, 11) is -3.16. The lowest BCUT2D eigenvalue weighted by Gasteiger charge is -2.34. The van der Waals surface area contributed by atoms with E-state index < -0.39 is 9.84 Å². The number of amides is 1. The standard InChI is InChI=1S/C23H30N4O3S/c1-16-8-10-17(11-9-16)27-20-7-5-6-18(20)22(25-27)23(28)24-19-14-31(29,30)15-21(19)26-12-3-2-4-13-26/h8-11,19,21H,2-7,12-15H2,1H3,(H,24,28)/t19-,21+/m0/s1. The summed E-state index contributed by atoms with van der Waals surface area (Å²) in [4.78, 5) is 15.6. The maximum atomic E-state index is 13.3. The number of carbonyl (C=O) groups excluding carboxylic acids is 1. The van der Waals surface area contributed by atoms with Crippen LogP contribution in [0.5, 0.6) is 0 Å². The Morgan fingerprint density at radius 3 is 2.52 bits per heavy atom. The Hall–Kier alpha value is -2.19. The van der Waals surface area contributed by atoms with Crippen molar-refractivity contribution in [1.29, 1.82) is 0 Å². The molecule has 2 atom stereocenters. The molecule has 2 aromatic rings. The van der Waals surface area contributed by atoms with Gasteiger partial charge in [0.25, 0.3) is 5.91 Å². The quantitative estimate of drug-likeness (QED) is 0.784. The molecular weight excluding hydrogens is 412 g/mol. The van der Waals surface area contributed by atoms with Gasteiger partial charge >= 0.3 is 0 Å². The number of aromatic nitrogens is 2. The monoisotopic (exact) mass is 442 g/mol. The van der Waals surface area contributed by atoms with Crippen LogP contribution in [0.1, 0.15) is 53.0 Å². The second kappa shape index (κ2) is 8.06. The number of aryl methyl sites for hydroxylation is 1. The molecule has 2 aliphatic heterocycles. The van der Waals surface area contributed by atoms with Crippen LogP contribution < -0.4 is 5.32 Å². The van der Waals surface area contributed by atoms with Gasteiger partial charge in [-0.15, -0.1) is 0 Å². The fourth-order valence-corrected chi connectivity index (χ4v) is 7.29. The summed E-state index contributed by atoms with van der Waals surface area (Å²) in [6.45, 7) is 3.86. The molecule has 8 heteroatoms. The van der Waals surface area contributed by atoms with E-state index in [-0.39, 0.29) is 29.5 Å². The highest BCUT2D eigenvalue weighted by Gasteiger charge is 2.42. The van der Waals surface area contributed by atoms with Crippen molar-refractivity contribution in [1.82, 2.24) is 20.0 Å². The van der Waals surface area contributed by atoms with Crippen LogP contribution in [0.4, 0.5) is 0 Å². The number of benzene rings is 1. The first kappa shape index (κ1) is 20.7. The predicted octanol–water partition coefficient (Wildman–Crippen LogP) is 2.05. The molecule has 166 valence electrons. The molecule has 0 spiro atoms. The van der Waals surface area contributed by atoms with Crippen LogP contribution in [-0.2, 0) is 22.7 Å². The number of hydrogen-bond donors (Lipinski definition) is 1. The molecule has 0 radical (unpaired) electrons. The molecule has 3 heterocycles. The van der Waals surface area contributed by atoms with Crippen molar-refractivity contribution in [3.05, 3.63) is 46.8 Å². The lowest BCUT2D eigenvalue weighted by atomic mass is 10.0. The van der Waals surface area contributed by atoms with Gasteiger partial charge in [0.1, 0.15) is 0 Å². The molecular formula is C23H30N4O3S. The zero-order valence-corrected chi connectivity index (χ0v) is 18.8. The minimum absolute atomic E-state index is 0.0147. The summed E-state index contributed by atoms with van der Waals surface area (Å²) in [6, 6.07) is 7.63. The number of nitrogens with zero attached hydrogens (tertiary/aromatic N) is 3. The van der Waals surface area contributed by atoms with E-state index in [1.54, 1.807) is 0 Å². The summed E-state index contributed by atoms with van der Waals surface area (Å²) >= 11 is 0. The van der Waals surface area contributed by atoms with Crippen molar-refractivity contribution in [2.75, 3.05) is 24.6 Å². The van der Waals surface area contributed by atoms with Gasteiger partial charge in [-0.25, -0.2) is 13.1 Å². The molecule has 2 fully saturated rings. The summed E-state index contributed by atoms with van der Waals surface area (Å²) in [5.41, 5.74) is 4.69. The SMILES string of the molecule is Cc1ccc(-n2nc(C(=O)N[C@H]3CS(=O)(=O)C[C@H]3N3CCCCC3)c3c2CCC3)cc1. The molecule has 1 aliphatic carbocycles. The molecule has 5 rings (SSSR count). The summed E-state index contributed by atoms with van der Waals surface area (Å²) in [6.07, 6.45) is 6.11. The Balaban J connectivity index is 1.41. The largest absolute Gasteiger partial charge is 0.345 e. The maximum absolute atomic E-state index is 13.3. The van der Waals surface area contributed by atoms with Crippen molar-refractivity contribution in [2.24, 2.45) is 0 Å². The maximum Gasteiger partial charge on any atom is 0.272 e. The molecule has 2 saturated heterocycles. The number of hydrogen-bond acceptors (Lipinski definition) is 5. The van der Waals surface area contributed by atoms with Crippen LogP contribution in [0.3, 0.4) is 0 Å². The van der Waals surface area contributed by atoms with Gasteiger partial charge in [-0.1, -0.05) is 24.1 Å². The van der Waals surface area contributed by atoms with Crippen LogP contribution in [0.25, 0.3) is 5.69 Å². The van der Waals surface area contributed by atoms with Gasteiger partial charge in [0.15, 0.2) is 15.5 Å². The van der Waals surface area contributed by atoms with E-state index >= 15 is 0 Å². The lowest BCUT2D eigenvalue weighted by Crippen LogP contribution is -2.52. The molecule has 7 nitrogen and oxygen atoms in total. The Morgan fingerprint density at radius 2 is 1.77 bits per heavy atom. The highest BCUT2D eigenvalue weighted by atomic mass is 32.2.